The minimum Gasteiger partial charge on any atom is -0.457 e. The highest BCUT2D eigenvalue weighted by atomic mass is 16.5. The number of hydrogen-bond donors (Lipinski definition) is 2. The lowest BCUT2D eigenvalue weighted by Gasteiger charge is -2.25. The standard InChI is InChI=1S/C24H24N4O/c25-24-23-21(16-28(22(23)12-14-27-24)18-5-4-13-26-15-18)17-8-10-20(11-9-17)29-19-6-2-1-3-7-19/h1-3,6-12,14,16,18,26H,4-5,13,15H2,(H2,25,27). The van der Waals surface area contributed by atoms with Crippen LogP contribution in [0.1, 0.15) is 18.9 Å². The number of nitrogen functional groups attached to an aromatic ring is 1. The van der Waals surface area contributed by atoms with Gasteiger partial charge in [-0.2, -0.15) is 0 Å². The van der Waals surface area contributed by atoms with E-state index in [0.29, 0.717) is 11.9 Å². The van der Waals surface area contributed by atoms with Crippen molar-refractivity contribution in [1.29, 1.82) is 0 Å². The summed E-state index contributed by atoms with van der Waals surface area (Å²) in [5, 5.41) is 4.53. The Morgan fingerprint density at radius 3 is 2.55 bits per heavy atom. The van der Waals surface area contributed by atoms with Crippen molar-refractivity contribution in [3.63, 3.8) is 0 Å². The maximum atomic E-state index is 6.30. The summed E-state index contributed by atoms with van der Waals surface area (Å²) in [5.41, 5.74) is 9.67. The second kappa shape index (κ2) is 7.60. The molecule has 5 nitrogen and oxygen atoms in total. The highest BCUT2D eigenvalue weighted by Gasteiger charge is 2.20. The number of benzene rings is 2. The average Bonchev–Trinajstić information content (AvgIpc) is 3.17. The number of anilines is 1. The molecule has 5 heteroatoms. The van der Waals surface area contributed by atoms with E-state index in [2.05, 4.69) is 39.3 Å². The summed E-state index contributed by atoms with van der Waals surface area (Å²) in [6.45, 7) is 2.07. The fourth-order valence-corrected chi connectivity index (χ4v) is 4.15. The number of para-hydroxylation sites is 1. The lowest BCUT2D eigenvalue weighted by molar-refractivity contribution is 0.379. The number of nitrogens with two attached hydrogens (primary N) is 1. The van der Waals surface area contributed by atoms with E-state index in [9.17, 15) is 0 Å². The first-order valence-corrected chi connectivity index (χ1v) is 10.1. The maximum absolute atomic E-state index is 6.30. The van der Waals surface area contributed by atoms with Crippen LogP contribution < -0.4 is 15.8 Å². The molecule has 3 heterocycles. The molecule has 1 saturated heterocycles. The topological polar surface area (TPSA) is 65.1 Å². The number of pyridine rings is 1. The minimum absolute atomic E-state index is 0.433. The molecule has 2 aromatic heterocycles. The largest absolute Gasteiger partial charge is 0.457 e. The molecule has 1 aliphatic rings. The summed E-state index contributed by atoms with van der Waals surface area (Å²) >= 11 is 0. The highest BCUT2D eigenvalue weighted by molar-refractivity contribution is 6.02. The molecule has 0 radical (unpaired) electrons. The molecule has 2 aromatic carbocycles. The first-order chi connectivity index (χ1) is 14.3. The summed E-state index contributed by atoms with van der Waals surface area (Å²) < 4.78 is 8.29. The van der Waals surface area contributed by atoms with Crippen LogP contribution in [-0.4, -0.2) is 22.6 Å². The quantitative estimate of drug-likeness (QED) is 0.519. The van der Waals surface area contributed by atoms with Gasteiger partial charge in [-0.15, -0.1) is 0 Å². The van der Waals surface area contributed by atoms with E-state index in [-0.39, 0.29) is 0 Å². The molecule has 1 unspecified atom stereocenters. The third-order valence-electron chi connectivity index (χ3n) is 5.58. The van der Waals surface area contributed by atoms with Crippen LogP contribution in [0.5, 0.6) is 11.5 Å². The molecule has 29 heavy (non-hydrogen) atoms. The van der Waals surface area contributed by atoms with Crippen molar-refractivity contribution in [3.8, 4) is 22.6 Å². The summed E-state index contributed by atoms with van der Waals surface area (Å²) in [5.74, 6) is 2.21. The number of nitrogens with one attached hydrogen (secondary N) is 1. The third-order valence-corrected chi connectivity index (χ3v) is 5.58. The second-order valence-corrected chi connectivity index (χ2v) is 7.48. The number of nitrogens with zero attached hydrogens (tertiary/aromatic N) is 2. The number of hydrogen-bond acceptors (Lipinski definition) is 4. The zero-order valence-electron chi connectivity index (χ0n) is 16.2. The van der Waals surface area contributed by atoms with Gasteiger partial charge in [-0.1, -0.05) is 30.3 Å². The number of ether oxygens (including phenoxy) is 1. The number of aromatic nitrogens is 2. The fourth-order valence-electron chi connectivity index (χ4n) is 4.15. The predicted octanol–water partition coefficient (Wildman–Crippen LogP) is 5.00. The first kappa shape index (κ1) is 17.8. The van der Waals surface area contributed by atoms with E-state index in [1.165, 1.54) is 12.8 Å². The Labute approximate surface area is 170 Å². The van der Waals surface area contributed by atoms with E-state index < -0.39 is 0 Å². The molecule has 5 rings (SSSR count). The maximum Gasteiger partial charge on any atom is 0.133 e. The van der Waals surface area contributed by atoms with Gasteiger partial charge in [0.15, 0.2) is 0 Å². The van der Waals surface area contributed by atoms with Gasteiger partial charge in [-0.3, -0.25) is 0 Å². The molecule has 0 aliphatic carbocycles. The molecule has 1 fully saturated rings. The number of rotatable bonds is 4. The normalized spacial score (nSPS) is 16.8. The molecular weight excluding hydrogens is 360 g/mol. The Morgan fingerprint density at radius 2 is 1.79 bits per heavy atom. The Kier molecular flexibility index (Phi) is 4.66. The zero-order valence-corrected chi connectivity index (χ0v) is 16.2. The summed E-state index contributed by atoms with van der Waals surface area (Å²) in [7, 11) is 0. The van der Waals surface area contributed by atoms with Crippen molar-refractivity contribution in [1.82, 2.24) is 14.9 Å². The summed E-state index contributed by atoms with van der Waals surface area (Å²) in [4.78, 5) is 4.35. The third kappa shape index (κ3) is 3.45. The highest BCUT2D eigenvalue weighted by Crippen LogP contribution is 2.37. The Balaban J connectivity index is 1.52. The molecular formula is C24H24N4O. The zero-order chi connectivity index (χ0) is 19.6. The van der Waals surface area contributed by atoms with Crippen LogP contribution >= 0.6 is 0 Å². The molecule has 4 aromatic rings. The average molecular weight is 384 g/mol. The van der Waals surface area contributed by atoms with Crippen LogP contribution in [0.15, 0.2) is 73.1 Å². The molecule has 1 atom stereocenters. The van der Waals surface area contributed by atoms with Gasteiger partial charge in [-0.25, -0.2) is 4.98 Å². The van der Waals surface area contributed by atoms with Gasteiger partial charge >= 0.3 is 0 Å². The van der Waals surface area contributed by atoms with E-state index >= 15 is 0 Å². The lowest BCUT2D eigenvalue weighted by atomic mass is 10.1. The Hall–Kier alpha value is -3.31. The summed E-state index contributed by atoms with van der Waals surface area (Å²) in [6, 6.07) is 20.5. The Bertz CT molecular complexity index is 1110. The first-order valence-electron chi connectivity index (χ1n) is 10.1. The van der Waals surface area contributed by atoms with Gasteiger partial charge in [0.05, 0.1) is 5.52 Å². The van der Waals surface area contributed by atoms with Crippen LogP contribution in [0.4, 0.5) is 5.82 Å². The molecule has 3 N–H and O–H groups in total. The monoisotopic (exact) mass is 384 g/mol. The van der Waals surface area contributed by atoms with Crippen molar-refractivity contribution in [3.05, 3.63) is 73.1 Å². The van der Waals surface area contributed by atoms with Gasteiger partial charge in [0.1, 0.15) is 17.3 Å². The van der Waals surface area contributed by atoms with Crippen LogP contribution in [-0.2, 0) is 0 Å². The van der Waals surface area contributed by atoms with Crippen molar-refractivity contribution in [2.75, 3.05) is 18.8 Å². The smallest absolute Gasteiger partial charge is 0.133 e. The van der Waals surface area contributed by atoms with Gasteiger partial charge < -0.3 is 20.4 Å². The van der Waals surface area contributed by atoms with Gasteiger partial charge in [0.25, 0.3) is 0 Å². The van der Waals surface area contributed by atoms with E-state index in [4.69, 9.17) is 10.5 Å². The van der Waals surface area contributed by atoms with Gasteiger partial charge in [-0.05, 0) is 55.3 Å². The van der Waals surface area contributed by atoms with Gasteiger partial charge in [0, 0.05) is 35.9 Å². The number of piperidine rings is 1. The molecule has 0 saturated carbocycles. The predicted molar refractivity (Wildman–Crippen MR) is 117 cm³/mol. The molecule has 0 bridgehead atoms. The van der Waals surface area contributed by atoms with Crippen LogP contribution in [0.3, 0.4) is 0 Å². The molecule has 0 amide bonds. The lowest BCUT2D eigenvalue weighted by Crippen LogP contribution is -2.31. The van der Waals surface area contributed by atoms with Crippen LogP contribution in [0.25, 0.3) is 22.0 Å². The fraction of sp³-hybridized carbons (Fsp3) is 0.208. The van der Waals surface area contributed by atoms with Gasteiger partial charge in [0.2, 0.25) is 0 Å². The van der Waals surface area contributed by atoms with Crippen molar-refractivity contribution in [2.24, 2.45) is 0 Å². The summed E-state index contributed by atoms with van der Waals surface area (Å²) in [6.07, 6.45) is 6.38. The van der Waals surface area contributed by atoms with Crippen molar-refractivity contribution < 1.29 is 4.74 Å². The molecule has 0 spiro atoms. The Morgan fingerprint density at radius 1 is 1.00 bits per heavy atom. The van der Waals surface area contributed by atoms with Crippen molar-refractivity contribution >= 4 is 16.7 Å². The van der Waals surface area contributed by atoms with E-state index in [0.717, 1.165) is 46.6 Å². The number of fused-ring (bicyclic) bond motifs is 1. The van der Waals surface area contributed by atoms with E-state index in [1.807, 2.05) is 42.5 Å². The molecule has 146 valence electrons. The van der Waals surface area contributed by atoms with Crippen LogP contribution in [0.2, 0.25) is 0 Å². The molecule has 1 aliphatic heterocycles. The van der Waals surface area contributed by atoms with E-state index in [1.54, 1.807) is 6.20 Å². The SMILES string of the molecule is Nc1nccc2c1c(-c1ccc(Oc3ccccc3)cc1)cn2C1CCCNC1. The van der Waals surface area contributed by atoms with Crippen LogP contribution in [0, 0.1) is 0 Å². The minimum atomic E-state index is 0.433. The van der Waals surface area contributed by atoms with Crippen molar-refractivity contribution in [2.45, 2.75) is 18.9 Å². The second-order valence-electron chi connectivity index (χ2n) is 7.48.